The lowest BCUT2D eigenvalue weighted by Gasteiger charge is -2.25. The SMILES string of the molecule is CCSC1=NC(C)(C)C=C(/C=C/c2ccc(OC(F)(F)F)cc2)N1. The van der Waals surface area contributed by atoms with Gasteiger partial charge in [-0.2, -0.15) is 0 Å². The predicted molar refractivity (Wildman–Crippen MR) is 93.0 cm³/mol. The second-order valence-corrected chi connectivity index (χ2v) is 6.93. The number of benzene rings is 1. The van der Waals surface area contributed by atoms with E-state index in [1.807, 2.05) is 32.1 Å². The molecule has 0 atom stereocenters. The number of aliphatic imine (C=N–C) groups is 1. The fourth-order valence-corrected chi connectivity index (χ4v) is 2.89. The Balaban J connectivity index is 2.06. The number of ether oxygens (including phenoxy) is 1. The summed E-state index contributed by atoms with van der Waals surface area (Å²) in [6.45, 7) is 6.09. The summed E-state index contributed by atoms with van der Waals surface area (Å²) in [6.07, 6.45) is 1.04. The number of hydrogen-bond donors (Lipinski definition) is 1. The molecule has 1 aromatic rings. The van der Waals surface area contributed by atoms with Gasteiger partial charge in [-0.05, 0) is 49.4 Å². The van der Waals surface area contributed by atoms with Gasteiger partial charge in [-0.1, -0.05) is 36.9 Å². The van der Waals surface area contributed by atoms with E-state index in [0.29, 0.717) is 0 Å². The minimum absolute atomic E-state index is 0.232. The van der Waals surface area contributed by atoms with E-state index in [4.69, 9.17) is 0 Å². The standard InChI is InChI=1S/C17H19F3N2OS/c1-4-24-15-21-13(11-16(2,3)22-15)8-5-12-6-9-14(10-7-12)23-17(18,19)20/h5-11H,4H2,1-3H3,(H,21,22)/b8-5+. The molecule has 1 aromatic carbocycles. The van der Waals surface area contributed by atoms with Gasteiger partial charge in [-0.3, -0.25) is 4.99 Å². The average Bonchev–Trinajstić information content (AvgIpc) is 2.43. The maximum Gasteiger partial charge on any atom is 0.573 e. The zero-order chi connectivity index (χ0) is 17.8. The predicted octanol–water partition coefficient (Wildman–Crippen LogP) is 4.97. The molecule has 1 heterocycles. The lowest BCUT2D eigenvalue weighted by molar-refractivity contribution is -0.274. The third kappa shape index (κ3) is 5.96. The molecule has 0 saturated carbocycles. The molecule has 1 N–H and O–H groups in total. The summed E-state index contributed by atoms with van der Waals surface area (Å²) in [5, 5.41) is 4.10. The smallest absolute Gasteiger partial charge is 0.406 e. The molecule has 0 bridgehead atoms. The number of halogens is 3. The number of hydrogen-bond acceptors (Lipinski definition) is 4. The van der Waals surface area contributed by atoms with Crippen LogP contribution in [-0.2, 0) is 0 Å². The average molecular weight is 356 g/mol. The van der Waals surface area contributed by atoms with Crippen LogP contribution in [0.1, 0.15) is 26.3 Å². The van der Waals surface area contributed by atoms with Crippen LogP contribution in [0, 0.1) is 0 Å². The van der Waals surface area contributed by atoms with Crippen LogP contribution in [0.3, 0.4) is 0 Å². The Morgan fingerprint density at radius 3 is 2.46 bits per heavy atom. The summed E-state index contributed by atoms with van der Waals surface area (Å²) < 4.78 is 40.3. The normalized spacial score (nSPS) is 17.2. The number of alkyl halides is 3. The van der Waals surface area contributed by atoms with Gasteiger partial charge in [-0.15, -0.1) is 13.2 Å². The van der Waals surface area contributed by atoms with Crippen LogP contribution in [0.2, 0.25) is 0 Å². The zero-order valence-corrected chi connectivity index (χ0v) is 14.5. The van der Waals surface area contributed by atoms with Crippen LogP contribution >= 0.6 is 11.8 Å². The highest BCUT2D eigenvalue weighted by Crippen LogP contribution is 2.24. The van der Waals surface area contributed by atoms with E-state index < -0.39 is 6.36 Å². The lowest BCUT2D eigenvalue weighted by Crippen LogP contribution is -2.31. The van der Waals surface area contributed by atoms with Crippen molar-refractivity contribution in [3.8, 4) is 5.75 Å². The monoisotopic (exact) mass is 356 g/mol. The highest BCUT2D eigenvalue weighted by Gasteiger charge is 2.30. The van der Waals surface area contributed by atoms with E-state index in [9.17, 15) is 13.2 Å². The quantitative estimate of drug-likeness (QED) is 0.827. The zero-order valence-electron chi connectivity index (χ0n) is 13.6. The Labute approximate surface area is 143 Å². The Morgan fingerprint density at radius 1 is 1.21 bits per heavy atom. The number of nitrogens with one attached hydrogen (secondary N) is 1. The van der Waals surface area contributed by atoms with Crippen molar-refractivity contribution in [1.29, 1.82) is 0 Å². The van der Waals surface area contributed by atoms with Gasteiger partial charge < -0.3 is 10.1 Å². The van der Waals surface area contributed by atoms with Crippen LogP contribution < -0.4 is 10.1 Å². The minimum Gasteiger partial charge on any atom is -0.406 e. The molecule has 0 unspecified atom stereocenters. The summed E-state index contributed by atoms with van der Waals surface area (Å²) >= 11 is 1.63. The van der Waals surface area contributed by atoms with Gasteiger partial charge >= 0.3 is 6.36 Å². The maximum atomic E-state index is 12.1. The number of allylic oxidation sites excluding steroid dienone is 1. The first kappa shape index (κ1) is 18.4. The van der Waals surface area contributed by atoms with E-state index in [2.05, 4.69) is 22.0 Å². The van der Waals surface area contributed by atoms with Crippen molar-refractivity contribution in [2.24, 2.45) is 4.99 Å². The first-order valence-corrected chi connectivity index (χ1v) is 8.42. The number of thioether (sulfide) groups is 1. The van der Waals surface area contributed by atoms with E-state index in [1.54, 1.807) is 23.9 Å². The van der Waals surface area contributed by atoms with E-state index in [1.165, 1.54) is 12.1 Å². The van der Waals surface area contributed by atoms with E-state index in [-0.39, 0.29) is 11.3 Å². The molecule has 0 aliphatic carbocycles. The summed E-state index contributed by atoms with van der Waals surface area (Å²) in [5.41, 5.74) is 1.38. The number of nitrogens with zero attached hydrogens (tertiary/aromatic N) is 1. The van der Waals surface area contributed by atoms with Gasteiger partial charge in [0.15, 0.2) is 5.17 Å². The van der Waals surface area contributed by atoms with E-state index in [0.717, 1.165) is 22.2 Å². The molecular weight excluding hydrogens is 337 g/mol. The fourth-order valence-electron chi connectivity index (χ4n) is 2.12. The molecule has 24 heavy (non-hydrogen) atoms. The maximum absolute atomic E-state index is 12.1. The van der Waals surface area contributed by atoms with Crippen LogP contribution in [0.15, 0.2) is 47.1 Å². The molecule has 0 radical (unpaired) electrons. The first-order chi connectivity index (χ1) is 11.2. The summed E-state index contributed by atoms with van der Waals surface area (Å²) in [7, 11) is 0. The second-order valence-electron chi connectivity index (χ2n) is 5.68. The van der Waals surface area contributed by atoms with Crippen molar-refractivity contribution < 1.29 is 17.9 Å². The second kappa shape index (κ2) is 7.34. The molecule has 1 aliphatic heterocycles. The third-order valence-electron chi connectivity index (χ3n) is 3.00. The summed E-state index contributed by atoms with van der Waals surface area (Å²) in [5.74, 6) is 0.684. The lowest BCUT2D eigenvalue weighted by atomic mass is 10.0. The third-order valence-corrected chi connectivity index (χ3v) is 3.76. The Kier molecular flexibility index (Phi) is 5.64. The number of rotatable bonds is 4. The Bertz CT molecular complexity index is 661. The van der Waals surface area contributed by atoms with Crippen molar-refractivity contribution in [1.82, 2.24) is 5.32 Å². The van der Waals surface area contributed by atoms with Crippen molar-refractivity contribution in [2.75, 3.05) is 5.75 Å². The van der Waals surface area contributed by atoms with Gasteiger partial charge in [0.05, 0.1) is 5.54 Å². The molecule has 0 amide bonds. The molecule has 0 aromatic heterocycles. The molecule has 0 saturated heterocycles. The molecule has 2 rings (SSSR count). The van der Waals surface area contributed by atoms with Gasteiger partial charge in [0.1, 0.15) is 5.75 Å². The van der Waals surface area contributed by atoms with Crippen molar-refractivity contribution in [3.63, 3.8) is 0 Å². The van der Waals surface area contributed by atoms with Crippen molar-refractivity contribution in [2.45, 2.75) is 32.7 Å². The molecule has 3 nitrogen and oxygen atoms in total. The molecule has 0 fully saturated rings. The minimum atomic E-state index is -4.67. The van der Waals surface area contributed by atoms with Crippen molar-refractivity contribution in [3.05, 3.63) is 47.7 Å². The van der Waals surface area contributed by atoms with Gasteiger partial charge in [0.25, 0.3) is 0 Å². The van der Waals surface area contributed by atoms with Gasteiger partial charge in [0.2, 0.25) is 0 Å². The summed E-state index contributed by atoms with van der Waals surface area (Å²) in [4.78, 5) is 4.59. The molecule has 7 heteroatoms. The molecular formula is C17H19F3N2OS. The number of amidine groups is 1. The van der Waals surface area contributed by atoms with Crippen LogP contribution in [0.4, 0.5) is 13.2 Å². The largest absolute Gasteiger partial charge is 0.573 e. The van der Waals surface area contributed by atoms with Gasteiger partial charge in [-0.25, -0.2) is 0 Å². The van der Waals surface area contributed by atoms with Gasteiger partial charge in [0, 0.05) is 5.70 Å². The topological polar surface area (TPSA) is 33.6 Å². The molecule has 130 valence electrons. The fraction of sp³-hybridized carbons (Fsp3) is 0.353. The Hall–Kier alpha value is -1.89. The molecule has 0 spiro atoms. The van der Waals surface area contributed by atoms with Crippen LogP contribution in [-0.4, -0.2) is 22.8 Å². The van der Waals surface area contributed by atoms with Crippen LogP contribution in [0.5, 0.6) is 5.75 Å². The van der Waals surface area contributed by atoms with Crippen LogP contribution in [0.25, 0.3) is 6.08 Å². The Morgan fingerprint density at radius 2 is 1.88 bits per heavy atom. The highest BCUT2D eigenvalue weighted by atomic mass is 32.2. The highest BCUT2D eigenvalue weighted by molar-refractivity contribution is 8.13. The van der Waals surface area contributed by atoms with E-state index >= 15 is 0 Å². The molecule has 1 aliphatic rings. The first-order valence-electron chi connectivity index (χ1n) is 7.43. The van der Waals surface area contributed by atoms with Crippen molar-refractivity contribution >= 4 is 23.0 Å². The summed E-state index contributed by atoms with van der Waals surface area (Å²) in [6, 6.07) is 5.73.